The highest BCUT2D eigenvalue weighted by atomic mass is 19.4. The summed E-state index contributed by atoms with van der Waals surface area (Å²) < 4.78 is 45.8. The molecule has 0 spiro atoms. The number of aromatic amines is 1. The van der Waals surface area contributed by atoms with Gasteiger partial charge in [-0.25, -0.2) is 9.78 Å². The lowest BCUT2D eigenvalue weighted by Gasteiger charge is -2.35. The number of likely N-dealkylation sites (tertiary alicyclic amines) is 1. The molecule has 3 rings (SSSR count). The van der Waals surface area contributed by atoms with Gasteiger partial charge in [-0.2, -0.15) is 13.2 Å². The van der Waals surface area contributed by atoms with Crippen LogP contribution in [0.15, 0.2) is 30.5 Å². The second-order valence-electron chi connectivity index (χ2n) is 11.1. The molecule has 0 radical (unpaired) electrons. The molecule has 36 heavy (non-hydrogen) atoms. The maximum absolute atomic E-state index is 13.6. The molecule has 1 aromatic heterocycles. The summed E-state index contributed by atoms with van der Waals surface area (Å²) in [6, 6.07) is 3.43. The molecule has 0 bridgehead atoms. The summed E-state index contributed by atoms with van der Waals surface area (Å²) in [4.78, 5) is 34.7. The van der Waals surface area contributed by atoms with Crippen LogP contribution in [0.1, 0.15) is 65.4 Å². The molecule has 1 fully saturated rings. The van der Waals surface area contributed by atoms with Gasteiger partial charge < -0.3 is 25.0 Å². The molecule has 2 heterocycles. The van der Waals surface area contributed by atoms with E-state index in [0.29, 0.717) is 0 Å². The van der Waals surface area contributed by atoms with Gasteiger partial charge in [0.2, 0.25) is 5.91 Å². The van der Waals surface area contributed by atoms with E-state index in [-0.39, 0.29) is 30.0 Å². The fourth-order valence-corrected chi connectivity index (χ4v) is 4.16. The third kappa shape index (κ3) is 6.37. The largest absolute Gasteiger partial charge is 0.444 e. The lowest BCUT2D eigenvalue weighted by molar-refractivity contribution is -0.138. The van der Waals surface area contributed by atoms with Crippen molar-refractivity contribution in [2.24, 2.45) is 5.41 Å². The van der Waals surface area contributed by atoms with Crippen molar-refractivity contribution >= 4 is 12.0 Å². The van der Waals surface area contributed by atoms with Gasteiger partial charge in [-0.15, -0.1) is 0 Å². The van der Waals surface area contributed by atoms with Crippen molar-refractivity contribution in [3.05, 3.63) is 41.9 Å². The molecule has 11 heteroatoms. The number of aromatic nitrogens is 2. The zero-order valence-electron chi connectivity index (χ0n) is 21.2. The first-order valence-electron chi connectivity index (χ1n) is 11.7. The molecule has 2 aromatic rings. The van der Waals surface area contributed by atoms with Crippen molar-refractivity contribution in [3.63, 3.8) is 0 Å². The average Bonchev–Trinajstić information content (AvgIpc) is 3.35. The van der Waals surface area contributed by atoms with Crippen LogP contribution in [0.2, 0.25) is 0 Å². The topological polar surface area (TPSA) is 108 Å². The van der Waals surface area contributed by atoms with E-state index in [0.717, 1.165) is 6.07 Å². The molecule has 198 valence electrons. The molecule has 8 nitrogen and oxygen atoms in total. The maximum Gasteiger partial charge on any atom is 0.417 e. The maximum atomic E-state index is 13.6. The molecule has 1 saturated heterocycles. The number of rotatable bonds is 4. The molecule has 1 aliphatic rings. The molecule has 2 amide bonds. The lowest BCUT2D eigenvalue weighted by atomic mass is 9.85. The summed E-state index contributed by atoms with van der Waals surface area (Å²) in [5, 5.41) is 13.0. The highest BCUT2D eigenvalue weighted by molar-refractivity contribution is 5.87. The van der Waals surface area contributed by atoms with E-state index in [9.17, 15) is 27.9 Å². The van der Waals surface area contributed by atoms with Gasteiger partial charge in [-0.3, -0.25) is 4.79 Å². The number of carbonyl (C=O) groups is 2. The monoisotopic (exact) mass is 510 g/mol. The average molecular weight is 511 g/mol. The van der Waals surface area contributed by atoms with Gasteiger partial charge in [0, 0.05) is 18.5 Å². The number of benzene rings is 1. The summed E-state index contributed by atoms with van der Waals surface area (Å²) >= 11 is 0. The van der Waals surface area contributed by atoms with Gasteiger partial charge in [0.15, 0.2) is 0 Å². The Labute approximate surface area is 208 Å². The number of ether oxygens (including phenoxy) is 1. The van der Waals surface area contributed by atoms with E-state index in [4.69, 9.17) is 4.74 Å². The third-order valence-electron chi connectivity index (χ3n) is 5.77. The lowest BCUT2D eigenvalue weighted by Crippen LogP contribution is -2.55. The number of β-amino-alcohol motifs (C(OH)–C–C–N with tert-alkyl or cyclic N) is 1. The van der Waals surface area contributed by atoms with Crippen LogP contribution in [0.3, 0.4) is 0 Å². The molecule has 0 saturated carbocycles. The normalized spacial score (nSPS) is 19.8. The molecule has 3 N–H and O–H groups in total. The third-order valence-corrected chi connectivity index (χ3v) is 5.77. The summed E-state index contributed by atoms with van der Waals surface area (Å²) in [5.41, 5.74) is -2.20. The minimum Gasteiger partial charge on any atom is -0.444 e. The number of H-pyrrole nitrogens is 1. The second-order valence-corrected chi connectivity index (χ2v) is 11.1. The number of aliphatic hydroxyl groups excluding tert-OH is 1. The number of alkyl halides is 3. The van der Waals surface area contributed by atoms with Crippen LogP contribution in [0.5, 0.6) is 0 Å². The predicted molar refractivity (Wildman–Crippen MR) is 127 cm³/mol. The number of halogens is 3. The Morgan fingerprint density at radius 1 is 1.17 bits per heavy atom. The van der Waals surface area contributed by atoms with Crippen LogP contribution >= 0.6 is 0 Å². The van der Waals surface area contributed by atoms with Crippen molar-refractivity contribution in [2.75, 3.05) is 6.54 Å². The number of hydrogen-bond acceptors (Lipinski definition) is 5. The number of hydrogen-bond donors (Lipinski definition) is 3. The number of imidazole rings is 1. The Hall–Kier alpha value is -3.08. The predicted octanol–water partition coefficient (Wildman–Crippen LogP) is 4.67. The number of amides is 2. The van der Waals surface area contributed by atoms with Crippen molar-refractivity contribution < 1.29 is 32.6 Å². The van der Waals surface area contributed by atoms with E-state index in [1.165, 1.54) is 29.3 Å². The van der Waals surface area contributed by atoms with E-state index in [2.05, 4.69) is 15.3 Å². The van der Waals surface area contributed by atoms with Crippen LogP contribution in [-0.4, -0.2) is 56.3 Å². The van der Waals surface area contributed by atoms with Crippen LogP contribution < -0.4 is 5.32 Å². The molecule has 1 aromatic carbocycles. The molecule has 0 aliphatic carbocycles. The zero-order chi connectivity index (χ0) is 27.1. The van der Waals surface area contributed by atoms with Gasteiger partial charge in [-0.1, -0.05) is 39.0 Å². The van der Waals surface area contributed by atoms with Crippen molar-refractivity contribution in [2.45, 2.75) is 77.9 Å². The zero-order valence-corrected chi connectivity index (χ0v) is 21.2. The smallest absolute Gasteiger partial charge is 0.417 e. The van der Waals surface area contributed by atoms with Gasteiger partial charge >= 0.3 is 12.3 Å². The van der Waals surface area contributed by atoms with E-state index in [1.807, 2.05) is 0 Å². The van der Waals surface area contributed by atoms with E-state index >= 15 is 0 Å². The number of nitrogens with one attached hydrogen (secondary N) is 2. The molecular formula is C25H33F3N4O4. The molecule has 3 atom stereocenters. The quantitative estimate of drug-likeness (QED) is 0.554. The molecular weight excluding hydrogens is 477 g/mol. The molecule has 1 aliphatic heterocycles. The van der Waals surface area contributed by atoms with E-state index < -0.39 is 52.9 Å². The van der Waals surface area contributed by atoms with Gasteiger partial charge in [0.25, 0.3) is 0 Å². The fourth-order valence-electron chi connectivity index (χ4n) is 4.16. The first-order valence-corrected chi connectivity index (χ1v) is 11.7. The van der Waals surface area contributed by atoms with Crippen LogP contribution in [-0.2, 0) is 15.7 Å². The Kier molecular flexibility index (Phi) is 7.46. The summed E-state index contributed by atoms with van der Waals surface area (Å²) in [7, 11) is 0. The highest BCUT2D eigenvalue weighted by Gasteiger charge is 2.44. The minimum absolute atomic E-state index is 0.0126. The number of aliphatic hydroxyl groups is 1. The SMILES string of the molecule is CC(C)(C)OC(=O)N[C@H](C(=O)N1C[C@H](O)C[C@H]1c1ncc(-c2ccccc2C(F)(F)F)[nH]1)C(C)(C)C. The van der Waals surface area contributed by atoms with Crippen molar-refractivity contribution in [1.82, 2.24) is 20.2 Å². The van der Waals surface area contributed by atoms with Crippen LogP contribution in [0.4, 0.5) is 18.0 Å². The van der Waals surface area contributed by atoms with Crippen molar-refractivity contribution in [3.8, 4) is 11.3 Å². The fraction of sp³-hybridized carbons (Fsp3) is 0.560. The Morgan fingerprint density at radius 3 is 2.39 bits per heavy atom. The van der Waals surface area contributed by atoms with Gasteiger partial charge in [0.05, 0.1) is 29.6 Å². The van der Waals surface area contributed by atoms with Crippen molar-refractivity contribution in [1.29, 1.82) is 0 Å². The summed E-state index contributed by atoms with van der Waals surface area (Å²) in [6.45, 7) is 10.5. The van der Waals surface area contributed by atoms with Gasteiger partial charge in [-0.05, 0) is 32.3 Å². The Bertz CT molecular complexity index is 1100. The van der Waals surface area contributed by atoms with Crippen LogP contribution in [0, 0.1) is 5.41 Å². The minimum atomic E-state index is -4.55. The first kappa shape index (κ1) is 27.5. The second kappa shape index (κ2) is 9.76. The number of alkyl carbamates (subject to hydrolysis) is 1. The summed E-state index contributed by atoms with van der Waals surface area (Å²) in [6.07, 6.45) is -4.75. The summed E-state index contributed by atoms with van der Waals surface area (Å²) in [5.74, 6) is -0.208. The van der Waals surface area contributed by atoms with Gasteiger partial charge in [0.1, 0.15) is 17.5 Å². The standard InChI is InChI=1S/C25H33F3N4O4/c1-23(2,3)19(31-22(35)36-24(4,5)6)21(34)32-13-14(33)11-18(32)20-29-12-17(30-20)15-9-7-8-10-16(15)25(26,27)28/h7-10,12,14,18-19,33H,11,13H2,1-6H3,(H,29,30)(H,31,35)/t14-,18+,19-/m1/s1. The highest BCUT2D eigenvalue weighted by Crippen LogP contribution is 2.38. The first-order chi connectivity index (χ1) is 16.5. The Balaban J connectivity index is 1.90. The molecule has 0 unspecified atom stereocenters. The number of carbonyl (C=O) groups excluding carboxylic acids is 2. The number of nitrogens with zero attached hydrogens (tertiary/aromatic N) is 2. The Morgan fingerprint density at radius 2 is 1.81 bits per heavy atom. The van der Waals surface area contributed by atoms with Crippen LogP contribution in [0.25, 0.3) is 11.3 Å². The van der Waals surface area contributed by atoms with E-state index in [1.54, 1.807) is 41.5 Å².